The Morgan fingerprint density at radius 1 is 0.682 bits per heavy atom. The number of hydrogen-bond donors (Lipinski definition) is 2. The molecule has 1 heterocycles. The van der Waals surface area contributed by atoms with Gasteiger partial charge < -0.3 is 1.43 Å². The van der Waals surface area contributed by atoms with Crippen LogP contribution in [0, 0.1) is 0 Å². The van der Waals surface area contributed by atoms with Crippen molar-refractivity contribution in [3.63, 3.8) is 0 Å². The maximum absolute atomic E-state index is 12.5. The summed E-state index contributed by atoms with van der Waals surface area (Å²) in [5.74, 6) is -1.29. The van der Waals surface area contributed by atoms with E-state index < -0.39 is 23.3 Å². The number of amides is 4. The van der Waals surface area contributed by atoms with Crippen LogP contribution in [-0.4, -0.2) is 17.8 Å². The molecule has 22 heavy (non-hydrogen) atoms. The number of barbiturate groups is 1. The molecule has 1 fully saturated rings. The molecule has 2 N–H and O–H groups in total. The quantitative estimate of drug-likeness (QED) is 0.521. The summed E-state index contributed by atoms with van der Waals surface area (Å²) in [5, 5.41) is 4.38. The van der Waals surface area contributed by atoms with Gasteiger partial charge in [-0.1, -0.05) is 60.7 Å². The molecule has 2 aromatic rings. The van der Waals surface area contributed by atoms with Crippen LogP contribution in [0.25, 0.3) is 0 Å². The molecule has 0 spiro atoms. The van der Waals surface area contributed by atoms with Gasteiger partial charge in [-0.25, -0.2) is 4.79 Å². The zero-order valence-corrected chi connectivity index (χ0v) is 14.0. The maximum Gasteiger partial charge on any atom is 1.00 e. The molecule has 0 aliphatic carbocycles. The normalized spacial score (nSPS) is 16.3. The summed E-state index contributed by atoms with van der Waals surface area (Å²) in [5.41, 5.74) is -0.534. The Hall–Kier alpha value is -1.95. The summed E-state index contributed by atoms with van der Waals surface area (Å²) in [6, 6.07) is 16.6. The molecule has 0 aromatic heterocycles. The molecule has 1 aliphatic heterocycles. The number of urea groups is 1. The number of nitrogens with one attached hydrogen (secondary N) is 2. The Morgan fingerprint density at radius 2 is 1.05 bits per heavy atom. The zero-order chi connectivity index (χ0) is 14.9. The second-order valence-electron chi connectivity index (χ2n) is 4.72. The minimum atomic E-state index is -1.56. The van der Waals surface area contributed by atoms with E-state index in [-0.39, 0.29) is 31.0 Å². The first-order valence-corrected chi connectivity index (χ1v) is 6.43. The number of rotatable bonds is 2. The van der Waals surface area contributed by atoms with Crippen LogP contribution in [-0.2, 0) is 15.0 Å². The third-order valence-electron chi connectivity index (χ3n) is 3.55. The van der Waals surface area contributed by atoms with Crippen molar-refractivity contribution in [2.24, 2.45) is 0 Å². The summed E-state index contributed by atoms with van der Waals surface area (Å²) in [6.07, 6.45) is 0. The number of benzene rings is 2. The van der Waals surface area contributed by atoms with Gasteiger partial charge in [0, 0.05) is 0 Å². The maximum atomic E-state index is 12.5. The SMILES string of the molecule is O=C1NC(=O)C(c2ccccc2)(c2ccccc2)C(=O)N1.[H-].[Na+]. The van der Waals surface area contributed by atoms with E-state index in [2.05, 4.69) is 10.6 Å². The van der Waals surface area contributed by atoms with E-state index in [4.69, 9.17) is 0 Å². The monoisotopic (exact) mass is 304 g/mol. The van der Waals surface area contributed by atoms with Crippen LogP contribution in [0.4, 0.5) is 4.79 Å². The van der Waals surface area contributed by atoms with E-state index in [9.17, 15) is 14.4 Å². The third-order valence-corrected chi connectivity index (χ3v) is 3.55. The van der Waals surface area contributed by atoms with Gasteiger partial charge in [0.1, 0.15) is 0 Å². The summed E-state index contributed by atoms with van der Waals surface area (Å²) in [4.78, 5) is 36.5. The van der Waals surface area contributed by atoms with Gasteiger partial charge in [0.05, 0.1) is 0 Å². The summed E-state index contributed by atoms with van der Waals surface area (Å²) >= 11 is 0. The Kier molecular flexibility index (Phi) is 4.81. The summed E-state index contributed by atoms with van der Waals surface area (Å²) in [7, 11) is 0. The van der Waals surface area contributed by atoms with Crippen LogP contribution in [0.15, 0.2) is 60.7 Å². The number of carbonyl (C=O) groups is 3. The van der Waals surface area contributed by atoms with Crippen LogP contribution in [0.5, 0.6) is 0 Å². The molecule has 3 rings (SSSR count). The van der Waals surface area contributed by atoms with Crippen molar-refractivity contribution in [3.05, 3.63) is 71.8 Å². The van der Waals surface area contributed by atoms with E-state index in [1.165, 1.54) is 0 Å². The van der Waals surface area contributed by atoms with Crippen molar-refractivity contribution in [2.75, 3.05) is 0 Å². The van der Waals surface area contributed by atoms with Crippen LogP contribution in [0.3, 0.4) is 0 Å². The first-order valence-electron chi connectivity index (χ1n) is 6.43. The Balaban J connectivity index is 0.00000132. The van der Waals surface area contributed by atoms with E-state index >= 15 is 0 Å². The van der Waals surface area contributed by atoms with Gasteiger partial charge in [0.2, 0.25) is 0 Å². The summed E-state index contributed by atoms with van der Waals surface area (Å²) in [6.45, 7) is 0. The third kappa shape index (κ3) is 2.47. The molecule has 106 valence electrons. The summed E-state index contributed by atoms with van der Waals surface area (Å²) < 4.78 is 0. The number of carbonyl (C=O) groups excluding carboxylic acids is 3. The Morgan fingerprint density at radius 3 is 1.41 bits per heavy atom. The van der Waals surface area contributed by atoms with Crippen molar-refractivity contribution in [1.29, 1.82) is 0 Å². The Bertz CT molecular complexity index is 661. The van der Waals surface area contributed by atoms with Crippen molar-refractivity contribution in [2.45, 2.75) is 5.41 Å². The topological polar surface area (TPSA) is 75.3 Å². The molecule has 0 bridgehead atoms. The van der Waals surface area contributed by atoms with Crippen molar-refractivity contribution < 1.29 is 45.4 Å². The second kappa shape index (κ2) is 6.44. The molecule has 5 nitrogen and oxygen atoms in total. The first-order chi connectivity index (χ1) is 10.2. The molecule has 2 aromatic carbocycles. The molecule has 1 aliphatic rings. The fourth-order valence-corrected chi connectivity index (χ4v) is 2.60. The molecule has 0 saturated carbocycles. The molecule has 6 heteroatoms. The smallest absolute Gasteiger partial charge is 1.00 e. The minimum absolute atomic E-state index is 0. The average molecular weight is 304 g/mol. The predicted octanol–water partition coefficient (Wildman–Crippen LogP) is -1.54. The molecular weight excluding hydrogens is 291 g/mol. The Labute approximate surface area is 150 Å². The number of imide groups is 2. The molecule has 4 amide bonds. The molecule has 1 saturated heterocycles. The molecule has 0 atom stereocenters. The standard InChI is InChI=1S/C16H12N2O3.Na.H/c19-13-16(11-7-3-1-4-8-11,12-9-5-2-6-10-12)14(20)18-15(21)17-13;;/h1-10H,(H2,17,18,19,20,21);;/q;+1;-1. The van der Waals surface area contributed by atoms with E-state index in [0.717, 1.165) is 0 Å². The zero-order valence-electron chi connectivity index (χ0n) is 13.0. The van der Waals surface area contributed by atoms with E-state index in [1.807, 2.05) is 0 Å². The first kappa shape index (κ1) is 16.4. The van der Waals surface area contributed by atoms with Gasteiger partial charge in [-0.05, 0) is 11.1 Å². The van der Waals surface area contributed by atoms with Gasteiger partial charge in [0.25, 0.3) is 11.8 Å². The van der Waals surface area contributed by atoms with E-state index in [1.54, 1.807) is 60.7 Å². The van der Waals surface area contributed by atoms with Crippen molar-refractivity contribution in [1.82, 2.24) is 10.6 Å². The predicted molar refractivity (Wildman–Crippen MR) is 76.5 cm³/mol. The van der Waals surface area contributed by atoms with Crippen molar-refractivity contribution in [3.8, 4) is 0 Å². The molecule has 0 radical (unpaired) electrons. The van der Waals surface area contributed by atoms with Crippen LogP contribution in [0.2, 0.25) is 0 Å². The molecular formula is C16H13N2NaO3. The van der Waals surface area contributed by atoms with Crippen molar-refractivity contribution >= 4 is 17.8 Å². The fraction of sp³-hybridized carbons (Fsp3) is 0.0625. The largest absolute Gasteiger partial charge is 1.00 e. The van der Waals surface area contributed by atoms with Gasteiger partial charge in [-0.3, -0.25) is 20.2 Å². The van der Waals surface area contributed by atoms with Gasteiger partial charge >= 0.3 is 35.6 Å². The van der Waals surface area contributed by atoms with Crippen LogP contribution < -0.4 is 40.2 Å². The fourth-order valence-electron chi connectivity index (χ4n) is 2.60. The second-order valence-corrected chi connectivity index (χ2v) is 4.72. The minimum Gasteiger partial charge on any atom is -1.00 e. The molecule has 0 unspecified atom stereocenters. The van der Waals surface area contributed by atoms with Gasteiger partial charge in [-0.15, -0.1) is 0 Å². The number of hydrogen-bond acceptors (Lipinski definition) is 3. The van der Waals surface area contributed by atoms with Crippen LogP contribution >= 0.6 is 0 Å². The van der Waals surface area contributed by atoms with Crippen LogP contribution in [0.1, 0.15) is 12.6 Å². The average Bonchev–Trinajstić information content (AvgIpc) is 2.49. The van der Waals surface area contributed by atoms with Gasteiger partial charge in [0.15, 0.2) is 5.41 Å². The van der Waals surface area contributed by atoms with E-state index in [0.29, 0.717) is 11.1 Å². The van der Waals surface area contributed by atoms with Gasteiger partial charge in [-0.2, -0.15) is 0 Å².